The predicted octanol–water partition coefficient (Wildman–Crippen LogP) is 2.91. The average molecular weight is 289 g/mol. The molecule has 0 atom stereocenters. The summed E-state index contributed by atoms with van der Waals surface area (Å²) in [4.78, 5) is 14.2. The van der Waals surface area contributed by atoms with Crippen molar-refractivity contribution in [2.75, 3.05) is 26.3 Å². The highest BCUT2D eigenvalue weighted by Crippen LogP contribution is 2.37. The largest absolute Gasteiger partial charge is 0.508 e. The normalized spacial score (nSPS) is 20.5. The van der Waals surface area contributed by atoms with Gasteiger partial charge < -0.3 is 14.7 Å². The van der Waals surface area contributed by atoms with E-state index in [2.05, 4.69) is 0 Å². The van der Waals surface area contributed by atoms with Crippen molar-refractivity contribution in [3.8, 4) is 5.75 Å². The SMILES string of the molecule is O=C(c1ccc(C2CCCCC2)c(O)c1)N1CCOCC1. The maximum atomic E-state index is 12.4. The number of phenolic OH excluding ortho intramolecular Hbond substituents is 1. The Kier molecular flexibility index (Phi) is 4.44. The first-order valence-corrected chi connectivity index (χ1v) is 7.95. The second-order valence-electron chi connectivity index (χ2n) is 6.01. The van der Waals surface area contributed by atoms with E-state index in [4.69, 9.17) is 4.74 Å². The van der Waals surface area contributed by atoms with Gasteiger partial charge in [-0.2, -0.15) is 0 Å². The fraction of sp³-hybridized carbons (Fsp3) is 0.588. The summed E-state index contributed by atoms with van der Waals surface area (Å²) in [5.41, 5.74) is 1.59. The zero-order valence-electron chi connectivity index (χ0n) is 12.4. The van der Waals surface area contributed by atoms with Gasteiger partial charge in [0.2, 0.25) is 0 Å². The van der Waals surface area contributed by atoms with Crippen LogP contribution in [0.2, 0.25) is 0 Å². The third-order valence-corrected chi connectivity index (χ3v) is 4.62. The van der Waals surface area contributed by atoms with Gasteiger partial charge in [0.05, 0.1) is 13.2 Å². The van der Waals surface area contributed by atoms with Crippen molar-refractivity contribution in [3.05, 3.63) is 29.3 Å². The molecule has 1 aromatic carbocycles. The first-order chi connectivity index (χ1) is 10.3. The molecule has 0 radical (unpaired) electrons. The van der Waals surface area contributed by atoms with Gasteiger partial charge in [0.25, 0.3) is 5.91 Å². The predicted molar refractivity (Wildman–Crippen MR) is 80.7 cm³/mol. The monoisotopic (exact) mass is 289 g/mol. The quantitative estimate of drug-likeness (QED) is 0.910. The average Bonchev–Trinajstić information content (AvgIpc) is 2.55. The van der Waals surface area contributed by atoms with Gasteiger partial charge in [-0.25, -0.2) is 0 Å². The third-order valence-electron chi connectivity index (χ3n) is 4.62. The molecule has 4 nitrogen and oxygen atoms in total. The smallest absolute Gasteiger partial charge is 0.254 e. The van der Waals surface area contributed by atoms with Gasteiger partial charge in [0, 0.05) is 18.7 Å². The van der Waals surface area contributed by atoms with E-state index in [1.807, 2.05) is 12.1 Å². The summed E-state index contributed by atoms with van der Waals surface area (Å²) in [7, 11) is 0. The fourth-order valence-corrected chi connectivity index (χ4v) is 3.38. The second kappa shape index (κ2) is 6.48. The van der Waals surface area contributed by atoms with Gasteiger partial charge in [-0.15, -0.1) is 0 Å². The van der Waals surface area contributed by atoms with Crippen LogP contribution < -0.4 is 0 Å². The van der Waals surface area contributed by atoms with Gasteiger partial charge in [-0.1, -0.05) is 25.3 Å². The highest BCUT2D eigenvalue weighted by molar-refractivity contribution is 5.94. The van der Waals surface area contributed by atoms with E-state index in [0.29, 0.717) is 37.8 Å². The summed E-state index contributed by atoms with van der Waals surface area (Å²) in [6.07, 6.45) is 6.05. The van der Waals surface area contributed by atoms with E-state index >= 15 is 0 Å². The molecule has 2 fully saturated rings. The molecule has 4 heteroatoms. The van der Waals surface area contributed by atoms with Gasteiger partial charge in [0.1, 0.15) is 5.75 Å². The lowest BCUT2D eigenvalue weighted by atomic mass is 9.83. The lowest BCUT2D eigenvalue weighted by Crippen LogP contribution is -2.40. The molecule has 21 heavy (non-hydrogen) atoms. The molecule has 3 rings (SSSR count). The number of hydrogen-bond acceptors (Lipinski definition) is 3. The Bertz CT molecular complexity index is 503. The van der Waals surface area contributed by atoms with Gasteiger partial charge >= 0.3 is 0 Å². The highest BCUT2D eigenvalue weighted by atomic mass is 16.5. The summed E-state index contributed by atoms with van der Waals surface area (Å²) in [6.45, 7) is 2.45. The minimum atomic E-state index is -0.0104. The summed E-state index contributed by atoms with van der Waals surface area (Å²) < 4.78 is 5.26. The molecule has 0 spiro atoms. The Labute approximate surface area is 125 Å². The number of ether oxygens (including phenoxy) is 1. The molecule has 0 bridgehead atoms. The molecule has 0 unspecified atom stereocenters. The Balaban J connectivity index is 1.75. The number of carbonyl (C=O) groups is 1. The molecule has 114 valence electrons. The summed E-state index contributed by atoms with van der Waals surface area (Å²) >= 11 is 0. The molecule has 1 N–H and O–H groups in total. The molecular formula is C17H23NO3. The van der Waals surface area contributed by atoms with E-state index in [1.54, 1.807) is 11.0 Å². The second-order valence-corrected chi connectivity index (χ2v) is 6.01. The number of hydrogen-bond donors (Lipinski definition) is 1. The highest BCUT2D eigenvalue weighted by Gasteiger charge is 2.22. The van der Waals surface area contributed by atoms with Crippen molar-refractivity contribution in [1.29, 1.82) is 0 Å². The van der Waals surface area contributed by atoms with Crippen LogP contribution >= 0.6 is 0 Å². The van der Waals surface area contributed by atoms with Crippen LogP contribution in [0.25, 0.3) is 0 Å². The fourth-order valence-electron chi connectivity index (χ4n) is 3.38. The van der Waals surface area contributed by atoms with E-state index in [1.165, 1.54) is 19.3 Å². The van der Waals surface area contributed by atoms with Crippen LogP contribution in [-0.4, -0.2) is 42.2 Å². The number of phenols is 1. The molecule has 1 heterocycles. The lowest BCUT2D eigenvalue weighted by molar-refractivity contribution is 0.0302. The Morgan fingerprint density at radius 3 is 2.52 bits per heavy atom. The molecule has 0 aromatic heterocycles. The molecular weight excluding hydrogens is 266 g/mol. The topological polar surface area (TPSA) is 49.8 Å². The molecule has 2 aliphatic rings. The van der Waals surface area contributed by atoms with Crippen molar-refractivity contribution in [2.24, 2.45) is 0 Å². The van der Waals surface area contributed by atoms with Gasteiger partial charge in [-0.3, -0.25) is 4.79 Å². The number of amides is 1. The summed E-state index contributed by atoms with van der Waals surface area (Å²) in [5.74, 6) is 0.719. The molecule has 1 aliphatic carbocycles. The first-order valence-electron chi connectivity index (χ1n) is 7.95. The molecule has 1 saturated heterocycles. The Morgan fingerprint density at radius 2 is 1.86 bits per heavy atom. The van der Waals surface area contributed by atoms with Gasteiger partial charge in [-0.05, 0) is 36.5 Å². The Hall–Kier alpha value is -1.55. The van der Waals surface area contributed by atoms with Crippen LogP contribution in [0.4, 0.5) is 0 Å². The van der Waals surface area contributed by atoms with Crippen LogP contribution in [0.15, 0.2) is 18.2 Å². The van der Waals surface area contributed by atoms with E-state index in [-0.39, 0.29) is 11.7 Å². The molecule has 1 amide bonds. The standard InChI is InChI=1S/C17H23NO3/c19-16-12-14(17(20)18-8-10-21-11-9-18)6-7-15(16)13-4-2-1-3-5-13/h6-7,12-13,19H,1-5,8-11H2. The minimum absolute atomic E-state index is 0.0104. The van der Waals surface area contributed by atoms with Crippen LogP contribution in [0.3, 0.4) is 0 Å². The number of aromatic hydroxyl groups is 1. The lowest BCUT2D eigenvalue weighted by Gasteiger charge is -2.27. The van der Waals surface area contributed by atoms with Crippen LogP contribution in [0, 0.1) is 0 Å². The Morgan fingerprint density at radius 1 is 1.14 bits per heavy atom. The number of nitrogens with zero attached hydrogens (tertiary/aromatic N) is 1. The molecule has 1 saturated carbocycles. The minimum Gasteiger partial charge on any atom is -0.508 e. The first kappa shape index (κ1) is 14.4. The zero-order valence-corrected chi connectivity index (χ0v) is 12.4. The van der Waals surface area contributed by atoms with Crippen molar-refractivity contribution in [1.82, 2.24) is 4.90 Å². The van der Waals surface area contributed by atoms with Crippen molar-refractivity contribution in [2.45, 2.75) is 38.0 Å². The third kappa shape index (κ3) is 3.21. The molecule has 1 aromatic rings. The van der Waals surface area contributed by atoms with Crippen molar-refractivity contribution in [3.63, 3.8) is 0 Å². The van der Waals surface area contributed by atoms with Gasteiger partial charge in [0.15, 0.2) is 0 Å². The summed E-state index contributed by atoms with van der Waals surface area (Å²) in [5, 5.41) is 10.3. The summed E-state index contributed by atoms with van der Waals surface area (Å²) in [6, 6.07) is 5.45. The van der Waals surface area contributed by atoms with E-state index in [0.717, 1.165) is 18.4 Å². The zero-order chi connectivity index (χ0) is 14.7. The maximum absolute atomic E-state index is 12.4. The number of carbonyl (C=O) groups excluding carboxylic acids is 1. The van der Waals surface area contributed by atoms with Crippen LogP contribution in [-0.2, 0) is 4.74 Å². The number of morpholine rings is 1. The number of benzene rings is 1. The van der Waals surface area contributed by atoms with Crippen LogP contribution in [0.1, 0.15) is 53.9 Å². The van der Waals surface area contributed by atoms with E-state index in [9.17, 15) is 9.90 Å². The van der Waals surface area contributed by atoms with E-state index < -0.39 is 0 Å². The van der Waals surface area contributed by atoms with Crippen molar-refractivity contribution < 1.29 is 14.6 Å². The van der Waals surface area contributed by atoms with Crippen molar-refractivity contribution >= 4 is 5.91 Å². The molecule has 1 aliphatic heterocycles. The van der Waals surface area contributed by atoms with Crippen LogP contribution in [0.5, 0.6) is 5.75 Å². The maximum Gasteiger partial charge on any atom is 0.254 e. The number of rotatable bonds is 2.